The van der Waals surface area contributed by atoms with Crippen molar-refractivity contribution in [1.29, 1.82) is 0 Å². The van der Waals surface area contributed by atoms with Crippen molar-refractivity contribution in [3.05, 3.63) is 0 Å². The van der Waals surface area contributed by atoms with Gasteiger partial charge in [-0.25, -0.2) is 0 Å². The lowest BCUT2D eigenvalue weighted by atomic mass is 9.88. The van der Waals surface area contributed by atoms with Gasteiger partial charge in [-0.1, -0.05) is 13.3 Å². The van der Waals surface area contributed by atoms with Crippen LogP contribution in [-0.2, 0) is 4.74 Å². The maximum atomic E-state index is 5.22. The fourth-order valence-electron chi connectivity index (χ4n) is 2.20. The first-order valence-electron chi connectivity index (χ1n) is 5.80. The molecule has 3 nitrogen and oxygen atoms in total. The fourth-order valence-corrected chi connectivity index (χ4v) is 2.20. The van der Waals surface area contributed by atoms with Gasteiger partial charge < -0.3 is 15.4 Å². The van der Waals surface area contributed by atoms with Gasteiger partial charge in [-0.3, -0.25) is 0 Å². The molecule has 2 N–H and O–H groups in total. The Bertz CT molecular complexity index is 174. The van der Waals surface area contributed by atoms with E-state index in [9.17, 15) is 0 Å². The molecule has 0 amide bonds. The molecule has 0 aromatic rings. The third-order valence-electron chi connectivity index (χ3n) is 3.26. The molecular weight excluding hydrogens is 176 g/mol. The van der Waals surface area contributed by atoms with Gasteiger partial charge in [-0.2, -0.15) is 0 Å². The van der Waals surface area contributed by atoms with Gasteiger partial charge in [0.25, 0.3) is 0 Å². The molecule has 0 radical (unpaired) electrons. The molecule has 2 aliphatic heterocycles. The average Bonchev–Trinajstić information content (AvgIpc) is 2.17. The minimum absolute atomic E-state index is 0.411. The van der Waals surface area contributed by atoms with Crippen LogP contribution in [0.2, 0.25) is 0 Å². The molecule has 0 aromatic heterocycles. The third-order valence-corrected chi connectivity index (χ3v) is 3.26. The van der Waals surface area contributed by atoms with E-state index >= 15 is 0 Å². The van der Waals surface area contributed by atoms with E-state index in [1.807, 2.05) is 0 Å². The molecule has 2 aliphatic rings. The summed E-state index contributed by atoms with van der Waals surface area (Å²) in [7, 11) is 0. The van der Waals surface area contributed by atoms with Gasteiger partial charge in [0.15, 0.2) is 0 Å². The monoisotopic (exact) mass is 198 g/mol. The van der Waals surface area contributed by atoms with Gasteiger partial charge in [0.05, 0.1) is 13.2 Å². The largest absolute Gasteiger partial charge is 0.380 e. The normalized spacial score (nSPS) is 31.1. The molecule has 0 saturated carbocycles. The van der Waals surface area contributed by atoms with Crippen LogP contribution in [-0.4, -0.2) is 38.9 Å². The maximum Gasteiger partial charge on any atom is 0.0554 e. The summed E-state index contributed by atoms with van der Waals surface area (Å²) in [6.07, 6.45) is 4.07. The van der Waals surface area contributed by atoms with Crippen molar-refractivity contribution < 1.29 is 4.74 Å². The van der Waals surface area contributed by atoms with Crippen LogP contribution < -0.4 is 10.6 Å². The summed E-state index contributed by atoms with van der Waals surface area (Å²) in [5.41, 5.74) is 0.411. The molecule has 2 rings (SSSR count). The Kier molecular flexibility index (Phi) is 3.42. The van der Waals surface area contributed by atoms with Crippen molar-refractivity contribution in [2.75, 3.05) is 32.8 Å². The van der Waals surface area contributed by atoms with Crippen LogP contribution in [0.4, 0.5) is 0 Å². The predicted molar refractivity (Wildman–Crippen MR) is 57.4 cm³/mol. The van der Waals surface area contributed by atoms with E-state index in [2.05, 4.69) is 17.6 Å². The molecule has 0 aliphatic carbocycles. The number of hydrogen-bond acceptors (Lipinski definition) is 3. The van der Waals surface area contributed by atoms with Crippen molar-refractivity contribution in [3.8, 4) is 0 Å². The fraction of sp³-hybridized carbons (Fsp3) is 1.00. The Morgan fingerprint density at radius 1 is 1.43 bits per heavy atom. The Labute approximate surface area is 86.6 Å². The highest BCUT2D eigenvalue weighted by Gasteiger charge is 2.32. The Morgan fingerprint density at radius 3 is 2.86 bits per heavy atom. The highest BCUT2D eigenvalue weighted by Crippen LogP contribution is 2.25. The van der Waals surface area contributed by atoms with Crippen LogP contribution in [0.5, 0.6) is 0 Å². The van der Waals surface area contributed by atoms with Crippen LogP contribution >= 0.6 is 0 Å². The van der Waals surface area contributed by atoms with Crippen LogP contribution in [0.1, 0.15) is 26.2 Å². The highest BCUT2D eigenvalue weighted by molar-refractivity contribution is 4.84. The van der Waals surface area contributed by atoms with Gasteiger partial charge >= 0.3 is 0 Å². The first-order valence-corrected chi connectivity index (χ1v) is 5.80. The predicted octanol–water partition coefficient (Wildman–Crippen LogP) is 0.755. The first kappa shape index (κ1) is 10.4. The molecule has 14 heavy (non-hydrogen) atoms. The van der Waals surface area contributed by atoms with Gasteiger partial charge in [0.2, 0.25) is 0 Å². The Hall–Kier alpha value is -0.120. The van der Waals surface area contributed by atoms with Gasteiger partial charge in [-0.15, -0.1) is 0 Å². The molecule has 0 bridgehead atoms. The van der Waals surface area contributed by atoms with Crippen molar-refractivity contribution in [3.63, 3.8) is 0 Å². The Morgan fingerprint density at radius 2 is 2.29 bits per heavy atom. The first-order chi connectivity index (χ1) is 6.79. The van der Waals surface area contributed by atoms with Crippen molar-refractivity contribution in [2.45, 2.75) is 32.2 Å². The van der Waals surface area contributed by atoms with E-state index in [0.29, 0.717) is 11.5 Å². The van der Waals surface area contributed by atoms with E-state index < -0.39 is 0 Å². The average molecular weight is 198 g/mol. The zero-order chi connectivity index (χ0) is 9.86. The topological polar surface area (TPSA) is 33.3 Å². The molecule has 2 heterocycles. The summed E-state index contributed by atoms with van der Waals surface area (Å²) in [4.78, 5) is 0. The second-order valence-electron chi connectivity index (χ2n) is 5.08. The zero-order valence-corrected chi connectivity index (χ0v) is 9.14. The summed E-state index contributed by atoms with van der Waals surface area (Å²) >= 11 is 0. The van der Waals surface area contributed by atoms with Crippen LogP contribution in [0.25, 0.3) is 0 Å². The summed E-state index contributed by atoms with van der Waals surface area (Å²) in [6, 6.07) is 0.702. The molecule has 1 atom stereocenters. The van der Waals surface area contributed by atoms with E-state index in [4.69, 9.17) is 4.74 Å². The molecule has 0 spiro atoms. The lowest BCUT2D eigenvalue weighted by Crippen LogP contribution is -2.50. The summed E-state index contributed by atoms with van der Waals surface area (Å²) in [5, 5.41) is 7.10. The summed E-state index contributed by atoms with van der Waals surface area (Å²) in [5.74, 6) is 0. The lowest BCUT2D eigenvalue weighted by molar-refractivity contribution is -0.0991. The van der Waals surface area contributed by atoms with E-state index in [1.54, 1.807) is 0 Å². The maximum absolute atomic E-state index is 5.22. The van der Waals surface area contributed by atoms with E-state index in [-0.39, 0.29) is 0 Å². The number of hydrogen-bond donors (Lipinski definition) is 2. The molecule has 82 valence electrons. The minimum atomic E-state index is 0.411. The van der Waals surface area contributed by atoms with Crippen molar-refractivity contribution in [1.82, 2.24) is 10.6 Å². The summed E-state index contributed by atoms with van der Waals surface area (Å²) < 4.78 is 5.22. The molecular formula is C11H22N2O. The Balaban J connectivity index is 1.57. The smallest absolute Gasteiger partial charge is 0.0554 e. The van der Waals surface area contributed by atoms with Crippen molar-refractivity contribution in [2.24, 2.45) is 5.41 Å². The van der Waals surface area contributed by atoms with Gasteiger partial charge in [0, 0.05) is 24.5 Å². The molecule has 2 fully saturated rings. The minimum Gasteiger partial charge on any atom is -0.380 e. The molecule has 0 aromatic carbocycles. The second kappa shape index (κ2) is 4.60. The van der Waals surface area contributed by atoms with Crippen molar-refractivity contribution >= 4 is 0 Å². The highest BCUT2D eigenvalue weighted by atomic mass is 16.5. The van der Waals surface area contributed by atoms with E-state index in [0.717, 1.165) is 26.3 Å². The van der Waals surface area contributed by atoms with Gasteiger partial charge in [-0.05, 0) is 19.4 Å². The number of ether oxygens (including phenoxy) is 1. The van der Waals surface area contributed by atoms with Gasteiger partial charge in [0.1, 0.15) is 0 Å². The molecule has 3 heteroatoms. The zero-order valence-electron chi connectivity index (χ0n) is 9.14. The van der Waals surface area contributed by atoms with E-state index in [1.165, 1.54) is 25.8 Å². The standard InChI is InChI=1S/C11H22N2O/c1-11(8-14-9-11)7-12-6-10-4-2-3-5-13-10/h10,12-13H,2-9H2,1H3. The third kappa shape index (κ3) is 2.69. The number of nitrogens with one attached hydrogen (secondary N) is 2. The number of rotatable bonds is 4. The molecule has 2 saturated heterocycles. The van der Waals surface area contributed by atoms with Crippen LogP contribution in [0.15, 0.2) is 0 Å². The molecule has 1 unspecified atom stereocenters. The quantitative estimate of drug-likeness (QED) is 0.699. The lowest BCUT2D eigenvalue weighted by Gasteiger charge is -2.38. The van der Waals surface area contributed by atoms with Crippen LogP contribution in [0, 0.1) is 5.41 Å². The van der Waals surface area contributed by atoms with Crippen LogP contribution in [0.3, 0.4) is 0 Å². The second-order valence-corrected chi connectivity index (χ2v) is 5.08. The summed E-state index contributed by atoms with van der Waals surface area (Å²) in [6.45, 7) is 7.57. The SMILES string of the molecule is CC1(CNCC2CCCCN2)COC1. The number of piperidine rings is 1.